The Labute approximate surface area is 122 Å². The van der Waals surface area contributed by atoms with Crippen LogP contribution >= 0.6 is 0 Å². The topological polar surface area (TPSA) is 66.8 Å². The predicted octanol–water partition coefficient (Wildman–Crippen LogP) is 2.31. The second-order valence-electron chi connectivity index (χ2n) is 5.01. The molecule has 5 nitrogen and oxygen atoms in total. The molecule has 0 spiro atoms. The summed E-state index contributed by atoms with van der Waals surface area (Å²) in [6.45, 7) is 0.998. The van der Waals surface area contributed by atoms with Crippen LogP contribution in [0.1, 0.15) is 36.0 Å². The average molecular weight is 295 g/mol. The molecule has 1 heterocycles. The highest BCUT2D eigenvalue weighted by atomic mass is 19.1. The zero-order valence-corrected chi connectivity index (χ0v) is 11.7. The predicted molar refractivity (Wildman–Crippen MR) is 73.9 cm³/mol. The van der Waals surface area contributed by atoms with Gasteiger partial charge < -0.3 is 14.7 Å². The highest BCUT2D eigenvalue weighted by molar-refractivity contribution is 5.91. The van der Waals surface area contributed by atoms with Crippen LogP contribution in [0.25, 0.3) is 0 Å². The van der Waals surface area contributed by atoms with Gasteiger partial charge in [-0.25, -0.2) is 9.18 Å². The molecular weight excluding hydrogens is 277 g/mol. The molecule has 0 atom stereocenters. The Hall–Kier alpha value is -2.11. The number of nitrogens with zero attached hydrogens (tertiary/aromatic N) is 1. The zero-order valence-electron chi connectivity index (χ0n) is 11.7. The number of hydrogen-bond donors (Lipinski definition) is 1. The van der Waals surface area contributed by atoms with Gasteiger partial charge in [0.15, 0.2) is 18.2 Å². The number of benzene rings is 1. The number of likely N-dealkylation sites (tertiary alicyclic amines) is 1. The molecule has 0 unspecified atom stereocenters. The summed E-state index contributed by atoms with van der Waals surface area (Å²) in [6, 6.07) is 3.65. The summed E-state index contributed by atoms with van der Waals surface area (Å²) in [4.78, 5) is 24.8. The van der Waals surface area contributed by atoms with Crippen LogP contribution in [0.5, 0.6) is 5.75 Å². The fourth-order valence-corrected chi connectivity index (χ4v) is 2.37. The van der Waals surface area contributed by atoms with Crippen molar-refractivity contribution in [2.45, 2.75) is 25.7 Å². The molecule has 0 aliphatic carbocycles. The Morgan fingerprint density at radius 3 is 2.48 bits per heavy atom. The molecule has 1 N–H and O–H groups in total. The van der Waals surface area contributed by atoms with Gasteiger partial charge in [0, 0.05) is 13.1 Å². The molecule has 0 aromatic heterocycles. The Morgan fingerprint density at radius 1 is 1.19 bits per heavy atom. The van der Waals surface area contributed by atoms with Gasteiger partial charge in [0.2, 0.25) is 0 Å². The Balaban J connectivity index is 2.02. The number of halogens is 1. The second-order valence-corrected chi connectivity index (χ2v) is 5.01. The number of aromatic carboxylic acids is 1. The minimum absolute atomic E-state index is 0.239. The van der Waals surface area contributed by atoms with E-state index in [0.29, 0.717) is 13.1 Å². The minimum atomic E-state index is -1.29. The number of hydrogen-bond acceptors (Lipinski definition) is 3. The van der Waals surface area contributed by atoms with E-state index in [1.165, 1.54) is 12.1 Å². The number of carbonyl (C=O) groups excluding carboxylic acids is 1. The molecule has 0 radical (unpaired) electrons. The molecule has 1 aromatic carbocycles. The van der Waals surface area contributed by atoms with Crippen LogP contribution in [0.15, 0.2) is 18.2 Å². The molecule has 1 aliphatic rings. The third kappa shape index (κ3) is 3.93. The molecule has 2 rings (SSSR count). The van der Waals surface area contributed by atoms with Crippen LogP contribution < -0.4 is 4.74 Å². The summed E-state index contributed by atoms with van der Waals surface area (Å²) in [5.74, 6) is -2.69. The van der Waals surface area contributed by atoms with Crippen LogP contribution in [0, 0.1) is 5.82 Å². The maximum absolute atomic E-state index is 13.7. The molecule has 1 aromatic rings. The number of carbonyl (C=O) groups is 2. The van der Waals surface area contributed by atoms with E-state index in [9.17, 15) is 14.0 Å². The van der Waals surface area contributed by atoms with Gasteiger partial charge in [-0.15, -0.1) is 0 Å². The molecule has 114 valence electrons. The van der Waals surface area contributed by atoms with Crippen molar-refractivity contribution in [2.24, 2.45) is 0 Å². The molecule has 1 fully saturated rings. The van der Waals surface area contributed by atoms with Crippen molar-refractivity contribution >= 4 is 11.9 Å². The minimum Gasteiger partial charge on any atom is -0.480 e. The molecule has 0 bridgehead atoms. The molecular formula is C15H18FNO4. The van der Waals surface area contributed by atoms with Crippen LogP contribution in [0.3, 0.4) is 0 Å². The highest BCUT2D eigenvalue weighted by Gasteiger charge is 2.20. The van der Waals surface area contributed by atoms with Crippen LogP contribution in [0.4, 0.5) is 4.39 Å². The summed E-state index contributed by atoms with van der Waals surface area (Å²) >= 11 is 0. The highest BCUT2D eigenvalue weighted by Crippen LogP contribution is 2.23. The first-order valence-electron chi connectivity index (χ1n) is 7.02. The lowest BCUT2D eigenvalue weighted by Crippen LogP contribution is -2.35. The van der Waals surface area contributed by atoms with Crippen molar-refractivity contribution in [3.63, 3.8) is 0 Å². The van der Waals surface area contributed by atoms with E-state index >= 15 is 0 Å². The van der Waals surface area contributed by atoms with Gasteiger partial charge in [-0.2, -0.15) is 0 Å². The maximum Gasteiger partial charge on any atom is 0.339 e. The number of ether oxygens (including phenoxy) is 1. The Morgan fingerprint density at radius 2 is 1.86 bits per heavy atom. The standard InChI is InChI=1S/C15H18FNO4/c16-12-7-5-6-11(15(19)20)14(12)21-10-13(18)17-8-3-1-2-4-9-17/h5-7H,1-4,8-10H2,(H,19,20). The first-order chi connectivity index (χ1) is 10.1. The summed E-state index contributed by atoms with van der Waals surface area (Å²) in [5.41, 5.74) is -0.279. The monoisotopic (exact) mass is 295 g/mol. The third-order valence-corrected chi connectivity index (χ3v) is 3.50. The van der Waals surface area contributed by atoms with Gasteiger partial charge in [0.1, 0.15) is 5.56 Å². The second kappa shape index (κ2) is 7.06. The van der Waals surface area contributed by atoms with E-state index in [4.69, 9.17) is 9.84 Å². The quantitative estimate of drug-likeness (QED) is 0.925. The van der Waals surface area contributed by atoms with Crippen LogP contribution in [-0.2, 0) is 4.79 Å². The number of carboxylic acid groups (broad SMARTS) is 1. The van der Waals surface area contributed by atoms with Crippen LogP contribution in [-0.4, -0.2) is 41.6 Å². The van der Waals surface area contributed by atoms with Crippen molar-refractivity contribution in [2.75, 3.05) is 19.7 Å². The van der Waals surface area contributed by atoms with Crippen molar-refractivity contribution in [3.8, 4) is 5.75 Å². The lowest BCUT2D eigenvalue weighted by atomic mass is 10.2. The largest absolute Gasteiger partial charge is 0.480 e. The van der Waals surface area contributed by atoms with Crippen molar-refractivity contribution in [1.29, 1.82) is 0 Å². The zero-order chi connectivity index (χ0) is 15.2. The Bertz CT molecular complexity index is 524. The molecule has 0 saturated carbocycles. The van der Waals surface area contributed by atoms with Crippen LogP contribution in [0.2, 0.25) is 0 Å². The van der Waals surface area contributed by atoms with Gasteiger partial charge in [0.05, 0.1) is 0 Å². The molecule has 6 heteroatoms. The van der Waals surface area contributed by atoms with Gasteiger partial charge in [-0.05, 0) is 25.0 Å². The number of para-hydroxylation sites is 1. The SMILES string of the molecule is O=C(O)c1cccc(F)c1OCC(=O)N1CCCCCC1. The molecule has 1 amide bonds. The van der Waals surface area contributed by atoms with E-state index in [1.807, 2.05) is 0 Å². The average Bonchev–Trinajstić information content (AvgIpc) is 2.74. The normalized spacial score (nSPS) is 15.4. The van der Waals surface area contributed by atoms with E-state index in [-0.39, 0.29) is 23.8 Å². The van der Waals surface area contributed by atoms with E-state index in [2.05, 4.69) is 0 Å². The van der Waals surface area contributed by atoms with Gasteiger partial charge in [-0.1, -0.05) is 18.9 Å². The summed E-state index contributed by atoms with van der Waals surface area (Å²) in [5, 5.41) is 9.00. The molecule has 21 heavy (non-hydrogen) atoms. The van der Waals surface area contributed by atoms with Crippen molar-refractivity contribution < 1.29 is 23.8 Å². The van der Waals surface area contributed by atoms with Crippen molar-refractivity contribution in [3.05, 3.63) is 29.6 Å². The fraction of sp³-hybridized carbons (Fsp3) is 0.467. The molecule has 1 aliphatic heterocycles. The van der Waals surface area contributed by atoms with Gasteiger partial charge in [0.25, 0.3) is 5.91 Å². The fourth-order valence-electron chi connectivity index (χ4n) is 2.37. The number of carboxylic acids is 1. The maximum atomic E-state index is 13.7. The number of rotatable bonds is 4. The van der Waals surface area contributed by atoms with E-state index in [1.54, 1.807) is 4.90 Å². The lowest BCUT2D eigenvalue weighted by Gasteiger charge is -2.20. The molecule has 1 saturated heterocycles. The van der Waals surface area contributed by atoms with E-state index in [0.717, 1.165) is 31.7 Å². The first kappa shape index (κ1) is 15.3. The smallest absolute Gasteiger partial charge is 0.339 e. The summed E-state index contributed by atoms with van der Waals surface area (Å²) in [7, 11) is 0. The van der Waals surface area contributed by atoms with E-state index < -0.39 is 11.8 Å². The summed E-state index contributed by atoms with van der Waals surface area (Å²) in [6.07, 6.45) is 4.10. The summed E-state index contributed by atoms with van der Waals surface area (Å²) < 4.78 is 18.8. The first-order valence-corrected chi connectivity index (χ1v) is 7.02. The lowest BCUT2D eigenvalue weighted by molar-refractivity contribution is -0.133. The van der Waals surface area contributed by atoms with Crippen molar-refractivity contribution in [1.82, 2.24) is 4.90 Å². The van der Waals surface area contributed by atoms with Gasteiger partial charge in [-0.3, -0.25) is 4.79 Å². The van der Waals surface area contributed by atoms with Gasteiger partial charge >= 0.3 is 5.97 Å². The Kier molecular flexibility index (Phi) is 5.14. The third-order valence-electron chi connectivity index (χ3n) is 3.50. The number of amides is 1.